The quantitative estimate of drug-likeness (QED) is 0.867. The number of nitrogens with zero attached hydrogens (tertiary/aromatic N) is 3. The fourth-order valence-electron chi connectivity index (χ4n) is 1.68. The minimum absolute atomic E-state index is 0.169. The molecule has 0 saturated heterocycles. The molecule has 18 heavy (non-hydrogen) atoms. The number of hydrogen-bond donors (Lipinski definition) is 1. The minimum Gasteiger partial charge on any atom is -0.319 e. The first-order chi connectivity index (χ1) is 8.49. The molecule has 5 nitrogen and oxygen atoms in total. The van der Waals surface area contributed by atoms with E-state index in [9.17, 15) is 4.79 Å². The summed E-state index contributed by atoms with van der Waals surface area (Å²) < 4.78 is 2.38. The van der Waals surface area contributed by atoms with Crippen LogP contribution in [-0.2, 0) is 7.05 Å². The summed E-state index contributed by atoms with van der Waals surface area (Å²) in [4.78, 5) is 16.1. The van der Waals surface area contributed by atoms with Crippen molar-refractivity contribution in [2.45, 2.75) is 13.8 Å². The molecule has 0 aliphatic heterocycles. The highest BCUT2D eigenvalue weighted by Gasteiger charge is 2.13. The van der Waals surface area contributed by atoms with Crippen LogP contribution in [0.3, 0.4) is 0 Å². The highest BCUT2D eigenvalue weighted by atomic mass is 79.9. The van der Waals surface area contributed by atoms with Gasteiger partial charge in [-0.15, -0.1) is 0 Å². The van der Waals surface area contributed by atoms with Gasteiger partial charge in [0.15, 0.2) is 0 Å². The molecular formula is C12H13BrN4O. The normalized spacial score (nSPS) is 10.4. The second kappa shape index (κ2) is 4.89. The van der Waals surface area contributed by atoms with Gasteiger partial charge in [-0.25, -0.2) is 4.98 Å². The molecule has 2 rings (SSSR count). The van der Waals surface area contributed by atoms with Crippen molar-refractivity contribution in [1.29, 1.82) is 0 Å². The molecule has 2 heterocycles. The minimum atomic E-state index is -0.169. The Labute approximate surface area is 113 Å². The Morgan fingerprint density at radius 1 is 1.44 bits per heavy atom. The summed E-state index contributed by atoms with van der Waals surface area (Å²) in [6.45, 7) is 3.78. The van der Waals surface area contributed by atoms with Gasteiger partial charge in [0, 0.05) is 18.8 Å². The smallest absolute Gasteiger partial charge is 0.255 e. The van der Waals surface area contributed by atoms with Gasteiger partial charge in [0.05, 0.1) is 17.1 Å². The van der Waals surface area contributed by atoms with E-state index >= 15 is 0 Å². The number of anilines is 1. The van der Waals surface area contributed by atoms with E-state index in [0.29, 0.717) is 10.2 Å². The lowest BCUT2D eigenvalue weighted by Crippen LogP contribution is -2.13. The van der Waals surface area contributed by atoms with Crippen LogP contribution in [0.2, 0.25) is 0 Å². The Bertz CT molecular complexity index is 606. The lowest BCUT2D eigenvalue weighted by atomic mass is 10.2. The molecule has 0 saturated carbocycles. The summed E-state index contributed by atoms with van der Waals surface area (Å²) in [7, 11) is 1.85. The topological polar surface area (TPSA) is 59.8 Å². The van der Waals surface area contributed by atoms with E-state index in [1.54, 1.807) is 23.0 Å². The number of aromatic nitrogens is 3. The lowest BCUT2D eigenvalue weighted by molar-refractivity contribution is 0.102. The van der Waals surface area contributed by atoms with Gasteiger partial charge in [-0.05, 0) is 41.9 Å². The Morgan fingerprint density at radius 2 is 2.17 bits per heavy atom. The van der Waals surface area contributed by atoms with Crippen molar-refractivity contribution in [3.63, 3.8) is 0 Å². The van der Waals surface area contributed by atoms with Gasteiger partial charge in [0.1, 0.15) is 4.60 Å². The molecule has 1 amide bonds. The Hall–Kier alpha value is -1.69. The molecule has 0 aromatic carbocycles. The molecule has 0 fully saturated rings. The molecular weight excluding hydrogens is 296 g/mol. The summed E-state index contributed by atoms with van der Waals surface area (Å²) in [5, 5.41) is 7.13. The van der Waals surface area contributed by atoms with E-state index in [-0.39, 0.29) is 5.91 Å². The van der Waals surface area contributed by atoms with Crippen LogP contribution in [0, 0.1) is 13.8 Å². The number of hydrogen-bond acceptors (Lipinski definition) is 3. The number of rotatable bonds is 2. The number of carbonyl (C=O) groups is 1. The highest BCUT2D eigenvalue weighted by Crippen LogP contribution is 2.19. The molecule has 0 radical (unpaired) electrons. The predicted octanol–water partition coefficient (Wildman–Crippen LogP) is 2.45. The standard InChI is InChI=1S/C12H13BrN4O/c1-7-11(8(2)17(3)16-7)15-12(18)9-4-5-14-10(13)6-9/h4-6H,1-3H3,(H,15,18). The van der Waals surface area contributed by atoms with E-state index in [0.717, 1.165) is 17.1 Å². The SMILES string of the molecule is Cc1nn(C)c(C)c1NC(=O)c1ccnc(Br)c1. The lowest BCUT2D eigenvalue weighted by Gasteiger charge is -2.05. The van der Waals surface area contributed by atoms with Crippen molar-refractivity contribution in [2.75, 3.05) is 5.32 Å². The average molecular weight is 309 g/mol. The van der Waals surface area contributed by atoms with Gasteiger partial charge in [-0.1, -0.05) is 0 Å². The van der Waals surface area contributed by atoms with Crippen LogP contribution < -0.4 is 5.32 Å². The highest BCUT2D eigenvalue weighted by molar-refractivity contribution is 9.10. The van der Waals surface area contributed by atoms with Crippen molar-refractivity contribution in [3.8, 4) is 0 Å². The van der Waals surface area contributed by atoms with Crippen LogP contribution in [0.25, 0.3) is 0 Å². The first kappa shape index (κ1) is 12.8. The number of nitrogens with one attached hydrogen (secondary N) is 1. The van der Waals surface area contributed by atoms with Crippen molar-refractivity contribution >= 4 is 27.5 Å². The number of halogens is 1. The number of pyridine rings is 1. The Balaban J connectivity index is 2.27. The molecule has 0 bridgehead atoms. The maximum absolute atomic E-state index is 12.1. The fraction of sp³-hybridized carbons (Fsp3) is 0.250. The Kier molecular flexibility index (Phi) is 3.47. The molecule has 2 aromatic heterocycles. The van der Waals surface area contributed by atoms with E-state index in [1.807, 2.05) is 20.9 Å². The summed E-state index contributed by atoms with van der Waals surface area (Å²) in [6.07, 6.45) is 1.59. The van der Waals surface area contributed by atoms with Gasteiger partial charge in [-0.3, -0.25) is 9.48 Å². The third kappa shape index (κ3) is 2.43. The predicted molar refractivity (Wildman–Crippen MR) is 72.6 cm³/mol. The van der Waals surface area contributed by atoms with E-state index < -0.39 is 0 Å². The summed E-state index contributed by atoms with van der Waals surface area (Å²) in [5.74, 6) is -0.169. The van der Waals surface area contributed by atoms with Gasteiger partial charge in [0.25, 0.3) is 5.91 Å². The van der Waals surface area contributed by atoms with Crippen LogP contribution in [-0.4, -0.2) is 20.7 Å². The van der Waals surface area contributed by atoms with Crippen LogP contribution in [0.15, 0.2) is 22.9 Å². The molecule has 94 valence electrons. The van der Waals surface area contributed by atoms with Gasteiger partial charge in [0.2, 0.25) is 0 Å². The molecule has 0 unspecified atom stereocenters. The van der Waals surface area contributed by atoms with Gasteiger partial charge in [-0.2, -0.15) is 5.10 Å². The molecule has 0 atom stereocenters. The van der Waals surface area contributed by atoms with Gasteiger partial charge < -0.3 is 5.32 Å². The number of carbonyl (C=O) groups excluding carboxylic acids is 1. The Morgan fingerprint density at radius 3 is 2.72 bits per heavy atom. The van der Waals surface area contributed by atoms with Crippen molar-refractivity contribution in [2.24, 2.45) is 7.05 Å². The second-order valence-electron chi connectivity index (χ2n) is 3.99. The average Bonchev–Trinajstić information content (AvgIpc) is 2.56. The number of amides is 1. The fourth-order valence-corrected chi connectivity index (χ4v) is 2.05. The molecule has 2 aromatic rings. The third-order valence-electron chi connectivity index (χ3n) is 2.74. The summed E-state index contributed by atoms with van der Waals surface area (Å²) >= 11 is 3.24. The van der Waals surface area contributed by atoms with Crippen LogP contribution in [0.4, 0.5) is 5.69 Å². The molecule has 1 N–H and O–H groups in total. The molecule has 0 aliphatic rings. The largest absolute Gasteiger partial charge is 0.319 e. The zero-order valence-electron chi connectivity index (χ0n) is 10.4. The number of aryl methyl sites for hydroxylation is 2. The molecule has 0 aliphatic carbocycles. The second-order valence-corrected chi connectivity index (χ2v) is 4.80. The van der Waals surface area contributed by atoms with Crippen LogP contribution in [0.5, 0.6) is 0 Å². The van der Waals surface area contributed by atoms with Crippen molar-refractivity contribution in [1.82, 2.24) is 14.8 Å². The van der Waals surface area contributed by atoms with Crippen LogP contribution >= 0.6 is 15.9 Å². The van der Waals surface area contributed by atoms with Crippen LogP contribution in [0.1, 0.15) is 21.7 Å². The molecule has 6 heteroatoms. The first-order valence-electron chi connectivity index (χ1n) is 5.42. The summed E-state index contributed by atoms with van der Waals surface area (Å²) in [6, 6.07) is 3.34. The van der Waals surface area contributed by atoms with E-state index in [1.165, 1.54) is 0 Å². The van der Waals surface area contributed by atoms with E-state index in [2.05, 4.69) is 31.3 Å². The maximum Gasteiger partial charge on any atom is 0.255 e. The third-order valence-corrected chi connectivity index (χ3v) is 3.17. The zero-order valence-corrected chi connectivity index (χ0v) is 11.9. The molecule has 0 spiro atoms. The summed E-state index contributed by atoms with van der Waals surface area (Å²) in [5.41, 5.74) is 3.04. The van der Waals surface area contributed by atoms with E-state index in [4.69, 9.17) is 0 Å². The monoisotopic (exact) mass is 308 g/mol. The zero-order chi connectivity index (χ0) is 13.3. The first-order valence-corrected chi connectivity index (χ1v) is 6.21. The maximum atomic E-state index is 12.1. The van der Waals surface area contributed by atoms with Crippen molar-refractivity contribution < 1.29 is 4.79 Å². The van der Waals surface area contributed by atoms with Crippen molar-refractivity contribution in [3.05, 3.63) is 39.9 Å². The van der Waals surface area contributed by atoms with Gasteiger partial charge >= 0.3 is 0 Å².